The van der Waals surface area contributed by atoms with Gasteiger partial charge in [-0.3, -0.25) is 9.69 Å². The van der Waals surface area contributed by atoms with Crippen LogP contribution >= 0.6 is 0 Å². The van der Waals surface area contributed by atoms with E-state index >= 15 is 0 Å². The fourth-order valence-electron chi connectivity index (χ4n) is 2.79. The van der Waals surface area contributed by atoms with Gasteiger partial charge >= 0.3 is 7.69 Å². The normalized spacial score (nSPS) is 11.0. The van der Waals surface area contributed by atoms with Gasteiger partial charge in [0.1, 0.15) is 0 Å². The first kappa shape index (κ1) is 21.9. The molecule has 0 saturated heterocycles. The van der Waals surface area contributed by atoms with E-state index in [1.165, 1.54) is 96.3 Å². The summed E-state index contributed by atoms with van der Waals surface area (Å²) in [6, 6.07) is 0. The molecule has 0 fully saturated rings. The second-order valence-electron chi connectivity index (χ2n) is 6.33. The van der Waals surface area contributed by atoms with Crippen molar-refractivity contribution in [1.29, 1.82) is 0 Å². The Morgan fingerprint density at radius 2 is 0.955 bits per heavy atom. The third-order valence-electron chi connectivity index (χ3n) is 4.19. The van der Waals surface area contributed by atoms with Gasteiger partial charge in [-0.25, -0.2) is 0 Å². The van der Waals surface area contributed by atoms with Gasteiger partial charge < -0.3 is 5.02 Å². The smallest absolute Gasteiger partial charge is 0.427 e. The highest BCUT2D eigenvalue weighted by Gasteiger charge is 1.95. The second-order valence-corrected chi connectivity index (χ2v) is 6.33. The van der Waals surface area contributed by atoms with E-state index in [1.807, 2.05) is 0 Å². The zero-order valence-electron chi connectivity index (χ0n) is 14.9. The van der Waals surface area contributed by atoms with Crippen molar-refractivity contribution in [3.05, 3.63) is 0 Å². The highest BCUT2D eigenvalue weighted by molar-refractivity contribution is 6.15. The Morgan fingerprint density at radius 3 is 1.32 bits per heavy atom. The van der Waals surface area contributed by atoms with Gasteiger partial charge in [0.15, 0.2) is 0 Å². The van der Waals surface area contributed by atoms with Gasteiger partial charge in [0.2, 0.25) is 0 Å². The molecule has 0 aliphatic rings. The molecule has 4 heteroatoms. The van der Waals surface area contributed by atoms with Crippen LogP contribution in [0.5, 0.6) is 0 Å². The van der Waals surface area contributed by atoms with Gasteiger partial charge in [-0.05, 0) is 6.42 Å². The summed E-state index contributed by atoms with van der Waals surface area (Å²) in [6.07, 6.45) is 21.9. The van der Waals surface area contributed by atoms with Crippen molar-refractivity contribution in [2.45, 2.75) is 110 Å². The van der Waals surface area contributed by atoms with E-state index in [9.17, 15) is 0 Å². The van der Waals surface area contributed by atoms with Crippen molar-refractivity contribution in [1.82, 2.24) is 0 Å². The van der Waals surface area contributed by atoms with Gasteiger partial charge in [-0.1, -0.05) is 103 Å². The van der Waals surface area contributed by atoms with E-state index in [0.717, 1.165) is 6.42 Å². The monoisotopic (exact) mass is 313 g/mol. The van der Waals surface area contributed by atoms with Crippen LogP contribution in [0.2, 0.25) is 0 Å². The van der Waals surface area contributed by atoms with Crippen molar-refractivity contribution < 1.29 is 14.7 Å². The average Bonchev–Trinajstić information content (AvgIpc) is 2.54. The molecule has 0 aromatic carbocycles. The Bertz CT molecular complexity index is 171. The topological polar surface area (TPSA) is 38.7 Å². The summed E-state index contributed by atoms with van der Waals surface area (Å²) in [5.74, 6) is 0. The van der Waals surface area contributed by atoms with Crippen molar-refractivity contribution >= 4 is 7.69 Å². The second kappa shape index (κ2) is 20.9. The lowest BCUT2D eigenvalue weighted by Crippen LogP contribution is -2.00. The fourth-order valence-corrected chi connectivity index (χ4v) is 2.79. The Hall–Kier alpha value is -0.0551. The van der Waals surface area contributed by atoms with Crippen LogP contribution in [0.15, 0.2) is 0 Å². The molecule has 0 unspecified atom stereocenters. The summed E-state index contributed by atoms with van der Waals surface area (Å²) in [5, 5.41) is 8.23. The predicted octanol–water partition coefficient (Wildman–Crippen LogP) is 5.72. The maximum absolute atomic E-state index is 8.23. The lowest BCUT2D eigenvalue weighted by Gasteiger charge is -2.03. The molecule has 0 aromatic rings. The van der Waals surface area contributed by atoms with E-state index in [-0.39, 0.29) is 0 Å². The highest BCUT2D eigenvalue weighted by atomic mass is 17.2. The molecule has 22 heavy (non-hydrogen) atoms. The van der Waals surface area contributed by atoms with Gasteiger partial charge in [-0.2, -0.15) is 0 Å². The van der Waals surface area contributed by atoms with Gasteiger partial charge in [0.05, 0.1) is 6.61 Å². The van der Waals surface area contributed by atoms with Crippen LogP contribution in [0, 0.1) is 0 Å². The molecule has 0 aromatic heterocycles. The molecule has 0 atom stereocenters. The van der Waals surface area contributed by atoms with Crippen LogP contribution < -0.4 is 0 Å². The van der Waals surface area contributed by atoms with Crippen LogP contribution in [0.3, 0.4) is 0 Å². The zero-order chi connectivity index (χ0) is 16.1. The fraction of sp³-hybridized carbons (Fsp3) is 1.00. The Morgan fingerprint density at radius 1 is 0.591 bits per heavy atom. The summed E-state index contributed by atoms with van der Waals surface area (Å²) < 4.78 is 0. The van der Waals surface area contributed by atoms with Crippen LogP contribution in [-0.2, 0) is 9.69 Å². The van der Waals surface area contributed by atoms with Gasteiger partial charge in [0, 0.05) is 0 Å². The molecule has 0 rings (SSSR count). The number of rotatable bonds is 19. The summed E-state index contributed by atoms with van der Waals surface area (Å²) >= 11 is 0. The molecule has 0 heterocycles. The quantitative estimate of drug-likeness (QED) is 0.143. The van der Waals surface area contributed by atoms with Crippen molar-refractivity contribution in [3.63, 3.8) is 0 Å². The summed E-state index contributed by atoms with van der Waals surface area (Å²) in [5.41, 5.74) is 0. The van der Waals surface area contributed by atoms with Crippen LogP contribution in [0.4, 0.5) is 0 Å². The Balaban J connectivity index is 2.91. The van der Waals surface area contributed by atoms with Crippen molar-refractivity contribution in [3.8, 4) is 0 Å². The molecule has 1 radical (unpaired) electrons. The third-order valence-corrected chi connectivity index (χ3v) is 4.19. The molecule has 0 aliphatic carbocycles. The minimum Gasteiger partial charge on any atom is -0.427 e. The summed E-state index contributed by atoms with van der Waals surface area (Å²) in [4.78, 5) is 8.98. The maximum atomic E-state index is 8.23. The van der Waals surface area contributed by atoms with Gasteiger partial charge in [0.25, 0.3) is 0 Å². The lowest BCUT2D eigenvalue weighted by atomic mass is 10.0. The zero-order valence-corrected chi connectivity index (χ0v) is 14.9. The Kier molecular flexibility index (Phi) is 20.9. The molecule has 0 amide bonds. The first-order chi connectivity index (χ1) is 10.9. The van der Waals surface area contributed by atoms with Crippen LogP contribution in [0.25, 0.3) is 0 Å². The van der Waals surface area contributed by atoms with Gasteiger partial charge in [-0.15, -0.1) is 0 Å². The minimum atomic E-state index is 0.565. The lowest BCUT2D eigenvalue weighted by molar-refractivity contribution is -0.217. The summed E-state index contributed by atoms with van der Waals surface area (Å²) in [7, 11) is 0.576. The highest BCUT2D eigenvalue weighted by Crippen LogP contribution is 2.13. The Labute approximate surface area is 139 Å². The average molecular weight is 313 g/mol. The first-order valence-corrected chi connectivity index (χ1v) is 9.66. The number of unbranched alkanes of at least 4 members (excludes halogenated alkanes) is 15. The third kappa shape index (κ3) is 19.9. The van der Waals surface area contributed by atoms with E-state index in [4.69, 9.17) is 9.91 Å². The van der Waals surface area contributed by atoms with Crippen molar-refractivity contribution in [2.24, 2.45) is 0 Å². The molecule has 3 nitrogen and oxygen atoms in total. The molecular weight excluding hydrogens is 275 g/mol. The van der Waals surface area contributed by atoms with E-state index < -0.39 is 0 Å². The van der Waals surface area contributed by atoms with Crippen molar-refractivity contribution in [2.75, 3.05) is 6.61 Å². The van der Waals surface area contributed by atoms with Crippen LogP contribution in [0.1, 0.15) is 110 Å². The number of hydrogen-bond acceptors (Lipinski definition) is 3. The maximum Gasteiger partial charge on any atom is 0.521 e. The van der Waals surface area contributed by atoms with Crippen LogP contribution in [-0.4, -0.2) is 19.3 Å². The molecule has 131 valence electrons. The molecule has 0 bridgehead atoms. The molecule has 1 N–H and O–H groups in total. The molecule has 0 aliphatic heterocycles. The van der Waals surface area contributed by atoms with E-state index in [2.05, 4.69) is 11.7 Å². The van der Waals surface area contributed by atoms with E-state index in [1.54, 1.807) is 0 Å². The molecule has 0 spiro atoms. The summed E-state index contributed by atoms with van der Waals surface area (Å²) in [6.45, 7) is 2.84. The number of hydrogen-bond donors (Lipinski definition) is 1. The largest absolute Gasteiger partial charge is 0.521 e. The molecular formula is C18H38BO3. The molecule has 0 saturated carbocycles. The first-order valence-electron chi connectivity index (χ1n) is 9.66. The minimum absolute atomic E-state index is 0.565. The predicted molar refractivity (Wildman–Crippen MR) is 94.6 cm³/mol. The standard InChI is InChI=1S/C18H38BO3/c1-2-3-4-5-6-7-8-9-10-11-12-13-14-15-16-17-18-21-22-19-20/h20H,2-18H2,1H3. The van der Waals surface area contributed by atoms with E-state index in [0.29, 0.717) is 14.3 Å². The SMILES string of the molecule is CCCCCCCCCCCCCCCCCCOO[B]O.